The number of carbonyl (C=O) groups is 1. The van der Waals surface area contributed by atoms with Crippen LogP contribution in [0.25, 0.3) is 0 Å². The number of anilines is 2. The fraction of sp³-hybridized carbons (Fsp3) is 0.235. The maximum Gasteiger partial charge on any atom is 0.245 e. The molecule has 0 aliphatic heterocycles. The van der Waals surface area contributed by atoms with Crippen molar-refractivity contribution < 1.29 is 17.6 Å². The molecule has 0 heterocycles. The summed E-state index contributed by atoms with van der Waals surface area (Å²) in [4.78, 5) is 12.3. The van der Waals surface area contributed by atoms with E-state index in [4.69, 9.17) is 11.6 Å². The van der Waals surface area contributed by atoms with Gasteiger partial charge in [0.05, 0.1) is 17.0 Å². The third kappa shape index (κ3) is 4.93. The molecule has 1 amide bonds. The highest BCUT2D eigenvalue weighted by Crippen LogP contribution is 2.24. The molecule has 0 unspecified atom stereocenters. The predicted molar refractivity (Wildman–Crippen MR) is 98.0 cm³/mol. The Morgan fingerprint density at radius 3 is 2.52 bits per heavy atom. The average Bonchev–Trinajstić information content (AvgIpc) is 2.55. The normalized spacial score (nSPS) is 11.2. The number of para-hydroxylation sites is 1. The zero-order valence-corrected chi connectivity index (χ0v) is 15.4. The van der Waals surface area contributed by atoms with Crippen LogP contribution in [0, 0.1) is 5.82 Å². The van der Waals surface area contributed by atoms with E-state index in [1.165, 1.54) is 12.1 Å². The van der Waals surface area contributed by atoms with E-state index in [2.05, 4.69) is 5.32 Å². The zero-order chi connectivity index (χ0) is 18.6. The summed E-state index contributed by atoms with van der Waals surface area (Å²) >= 11 is 5.68. The largest absolute Gasteiger partial charge is 0.324 e. The number of amides is 1. The lowest BCUT2D eigenvalue weighted by Crippen LogP contribution is -2.38. The lowest BCUT2D eigenvalue weighted by Gasteiger charge is -2.24. The van der Waals surface area contributed by atoms with E-state index in [0.717, 1.165) is 22.2 Å². The fourth-order valence-corrected chi connectivity index (χ4v) is 3.41. The van der Waals surface area contributed by atoms with E-state index in [9.17, 15) is 17.6 Å². The molecule has 2 aromatic carbocycles. The summed E-state index contributed by atoms with van der Waals surface area (Å²) < 4.78 is 38.5. The molecule has 0 spiro atoms. The first kappa shape index (κ1) is 19.2. The van der Waals surface area contributed by atoms with Crippen LogP contribution in [0.5, 0.6) is 0 Å². The molecule has 0 fully saturated rings. The summed E-state index contributed by atoms with van der Waals surface area (Å²) in [6, 6.07) is 10.7. The van der Waals surface area contributed by atoms with E-state index < -0.39 is 28.3 Å². The molecule has 5 nitrogen and oxygen atoms in total. The summed E-state index contributed by atoms with van der Waals surface area (Å²) in [6.07, 6.45) is 1.67. The molecule has 0 radical (unpaired) electrons. The minimum atomic E-state index is -3.67. The Hall–Kier alpha value is -2.12. The standard InChI is InChI=1S/C17H18ClFN2O3S/c1-3-12-6-4-5-7-16(12)21(25(2,23)24)11-17(22)20-13-8-9-15(19)14(18)10-13/h4-10H,3,11H2,1-2H3,(H,20,22). The number of aryl methyl sites for hydroxylation is 1. The van der Waals surface area contributed by atoms with Crippen molar-refractivity contribution in [3.05, 3.63) is 58.9 Å². The Labute approximate surface area is 151 Å². The molecule has 0 bridgehead atoms. The van der Waals surface area contributed by atoms with Gasteiger partial charge >= 0.3 is 0 Å². The molecule has 2 rings (SSSR count). The first-order valence-electron chi connectivity index (χ1n) is 7.53. The molecule has 1 N–H and O–H groups in total. The van der Waals surface area contributed by atoms with Crippen molar-refractivity contribution in [1.29, 1.82) is 0 Å². The van der Waals surface area contributed by atoms with E-state index in [1.54, 1.807) is 12.1 Å². The van der Waals surface area contributed by atoms with E-state index in [1.807, 2.05) is 19.1 Å². The number of nitrogens with zero attached hydrogens (tertiary/aromatic N) is 1. The maximum atomic E-state index is 13.2. The first-order chi connectivity index (χ1) is 11.7. The topological polar surface area (TPSA) is 66.5 Å². The van der Waals surface area contributed by atoms with Gasteiger partial charge in [-0.2, -0.15) is 0 Å². The van der Waals surface area contributed by atoms with Crippen LogP contribution in [0.2, 0.25) is 5.02 Å². The van der Waals surface area contributed by atoms with Crippen LogP contribution in [-0.4, -0.2) is 27.1 Å². The number of carbonyl (C=O) groups excluding carboxylic acids is 1. The second kappa shape index (κ2) is 7.84. The Morgan fingerprint density at radius 1 is 1.24 bits per heavy atom. The molecule has 2 aromatic rings. The van der Waals surface area contributed by atoms with Gasteiger partial charge in [-0.05, 0) is 36.2 Å². The second-order valence-corrected chi connectivity index (χ2v) is 7.74. The van der Waals surface area contributed by atoms with Crippen LogP contribution in [-0.2, 0) is 21.2 Å². The highest BCUT2D eigenvalue weighted by atomic mass is 35.5. The van der Waals surface area contributed by atoms with Crippen LogP contribution in [0.1, 0.15) is 12.5 Å². The third-order valence-electron chi connectivity index (χ3n) is 3.53. The Balaban J connectivity index is 2.25. The van der Waals surface area contributed by atoms with Crippen LogP contribution in [0.15, 0.2) is 42.5 Å². The van der Waals surface area contributed by atoms with Gasteiger partial charge < -0.3 is 5.32 Å². The number of hydrogen-bond donors (Lipinski definition) is 1. The van der Waals surface area contributed by atoms with E-state index in [-0.39, 0.29) is 10.7 Å². The van der Waals surface area contributed by atoms with Gasteiger partial charge in [-0.1, -0.05) is 36.7 Å². The van der Waals surface area contributed by atoms with Gasteiger partial charge in [0.25, 0.3) is 0 Å². The lowest BCUT2D eigenvalue weighted by atomic mass is 10.1. The quantitative estimate of drug-likeness (QED) is 0.829. The third-order valence-corrected chi connectivity index (χ3v) is 4.95. The average molecular weight is 385 g/mol. The molecule has 25 heavy (non-hydrogen) atoms. The van der Waals surface area contributed by atoms with Crippen molar-refractivity contribution in [3.8, 4) is 0 Å². The molecular weight excluding hydrogens is 367 g/mol. The van der Waals surface area contributed by atoms with Crippen molar-refractivity contribution >= 4 is 38.9 Å². The number of sulfonamides is 1. The van der Waals surface area contributed by atoms with Crippen LogP contribution < -0.4 is 9.62 Å². The van der Waals surface area contributed by atoms with Gasteiger partial charge in [-0.3, -0.25) is 9.10 Å². The van der Waals surface area contributed by atoms with Crippen molar-refractivity contribution in [2.24, 2.45) is 0 Å². The van der Waals surface area contributed by atoms with Crippen molar-refractivity contribution in [3.63, 3.8) is 0 Å². The summed E-state index contributed by atoms with van der Waals surface area (Å²) in [7, 11) is -3.67. The van der Waals surface area contributed by atoms with Crippen LogP contribution >= 0.6 is 11.6 Å². The molecule has 0 saturated heterocycles. The zero-order valence-electron chi connectivity index (χ0n) is 13.8. The number of rotatable bonds is 6. The Kier molecular flexibility index (Phi) is 6.02. The van der Waals surface area contributed by atoms with Gasteiger partial charge in [-0.15, -0.1) is 0 Å². The summed E-state index contributed by atoms with van der Waals surface area (Å²) in [6.45, 7) is 1.50. The summed E-state index contributed by atoms with van der Waals surface area (Å²) in [5.41, 5.74) is 1.55. The number of benzene rings is 2. The van der Waals surface area contributed by atoms with Crippen molar-refractivity contribution in [1.82, 2.24) is 0 Å². The molecule has 0 atom stereocenters. The molecule has 0 aromatic heterocycles. The molecule has 0 aliphatic carbocycles. The lowest BCUT2D eigenvalue weighted by molar-refractivity contribution is -0.114. The number of nitrogens with one attached hydrogen (secondary N) is 1. The van der Waals surface area contributed by atoms with Crippen LogP contribution in [0.4, 0.5) is 15.8 Å². The van der Waals surface area contributed by atoms with Crippen molar-refractivity contribution in [2.75, 3.05) is 22.4 Å². The van der Waals surface area contributed by atoms with Gasteiger partial charge in [0.15, 0.2) is 0 Å². The molecule has 0 saturated carbocycles. The van der Waals surface area contributed by atoms with E-state index >= 15 is 0 Å². The van der Waals surface area contributed by atoms with Gasteiger partial charge in [0.1, 0.15) is 12.4 Å². The summed E-state index contributed by atoms with van der Waals surface area (Å²) in [5.74, 6) is -1.16. The molecule has 0 aliphatic rings. The van der Waals surface area contributed by atoms with Gasteiger partial charge in [0.2, 0.25) is 15.9 Å². The maximum absolute atomic E-state index is 13.2. The monoisotopic (exact) mass is 384 g/mol. The van der Waals surface area contributed by atoms with E-state index in [0.29, 0.717) is 12.1 Å². The van der Waals surface area contributed by atoms with Crippen molar-refractivity contribution in [2.45, 2.75) is 13.3 Å². The Bertz CT molecular complexity index is 887. The predicted octanol–water partition coefficient (Wildman–Crippen LogP) is 3.45. The number of hydrogen-bond acceptors (Lipinski definition) is 3. The minimum absolute atomic E-state index is 0.130. The molecule has 134 valence electrons. The fourth-order valence-electron chi connectivity index (χ4n) is 2.34. The van der Waals surface area contributed by atoms with Gasteiger partial charge in [0, 0.05) is 5.69 Å². The highest BCUT2D eigenvalue weighted by Gasteiger charge is 2.22. The second-order valence-electron chi connectivity index (χ2n) is 5.43. The van der Waals surface area contributed by atoms with Gasteiger partial charge in [-0.25, -0.2) is 12.8 Å². The first-order valence-corrected chi connectivity index (χ1v) is 9.75. The molecule has 8 heteroatoms. The minimum Gasteiger partial charge on any atom is -0.324 e. The van der Waals surface area contributed by atoms with Crippen LogP contribution in [0.3, 0.4) is 0 Å². The number of halogens is 2. The summed E-state index contributed by atoms with van der Waals surface area (Å²) in [5, 5.41) is 2.39. The SMILES string of the molecule is CCc1ccccc1N(CC(=O)Nc1ccc(F)c(Cl)c1)S(C)(=O)=O. The Morgan fingerprint density at radius 2 is 1.92 bits per heavy atom. The smallest absolute Gasteiger partial charge is 0.245 e. The molecular formula is C17H18ClFN2O3S. The highest BCUT2D eigenvalue weighted by molar-refractivity contribution is 7.92.